The third-order valence-electron chi connectivity index (χ3n) is 6.69. The summed E-state index contributed by atoms with van der Waals surface area (Å²) in [7, 11) is 1.67. The van der Waals surface area contributed by atoms with Gasteiger partial charge in [0, 0.05) is 26.9 Å². The summed E-state index contributed by atoms with van der Waals surface area (Å²) < 4.78 is 66.4. The van der Waals surface area contributed by atoms with E-state index in [1.165, 1.54) is 24.3 Å². The quantitative estimate of drug-likeness (QED) is 0.0813. The van der Waals surface area contributed by atoms with Gasteiger partial charge in [0.15, 0.2) is 6.10 Å². The van der Waals surface area contributed by atoms with Crippen LogP contribution in [0.4, 0.5) is 13.2 Å². The smallest absolute Gasteiger partial charge is 0.425 e. The number of alkyl halides is 3. The third kappa shape index (κ3) is 11.7. The van der Waals surface area contributed by atoms with Gasteiger partial charge in [0.25, 0.3) is 0 Å². The lowest BCUT2D eigenvalue weighted by atomic mass is 10.0. The van der Waals surface area contributed by atoms with Crippen LogP contribution in [0.3, 0.4) is 0 Å². The minimum atomic E-state index is -4.68. The molecule has 0 fully saturated rings. The van der Waals surface area contributed by atoms with Crippen LogP contribution >= 0.6 is 0 Å². The number of ether oxygens (including phenoxy) is 5. The van der Waals surface area contributed by atoms with Crippen molar-refractivity contribution in [2.45, 2.75) is 57.7 Å². The molecule has 0 aromatic heterocycles. The van der Waals surface area contributed by atoms with Crippen molar-refractivity contribution in [1.29, 1.82) is 0 Å². The van der Waals surface area contributed by atoms with Gasteiger partial charge in [-0.3, -0.25) is 0 Å². The van der Waals surface area contributed by atoms with E-state index in [1.807, 2.05) is 31.2 Å². The minimum Gasteiger partial charge on any atom is -0.494 e. The maximum Gasteiger partial charge on any atom is 0.425 e. The van der Waals surface area contributed by atoms with Crippen LogP contribution in [-0.4, -0.2) is 57.8 Å². The molecule has 3 rings (SSSR count). The summed E-state index contributed by atoms with van der Waals surface area (Å²) >= 11 is 0. The van der Waals surface area contributed by atoms with E-state index in [2.05, 4.69) is 0 Å². The third-order valence-corrected chi connectivity index (χ3v) is 6.69. The number of methoxy groups -OCH3 is 1. The highest BCUT2D eigenvalue weighted by Crippen LogP contribution is 2.28. The summed E-state index contributed by atoms with van der Waals surface area (Å²) in [5, 5.41) is 0. The molecule has 0 saturated carbocycles. The Morgan fingerprint density at radius 3 is 1.84 bits per heavy atom. The largest absolute Gasteiger partial charge is 0.494 e. The number of rotatable bonds is 18. The first-order valence-corrected chi connectivity index (χ1v) is 14.7. The van der Waals surface area contributed by atoms with Crippen LogP contribution in [0.5, 0.6) is 11.5 Å². The first kappa shape index (κ1) is 34.6. The Morgan fingerprint density at radius 1 is 0.682 bits per heavy atom. The second kappa shape index (κ2) is 18.0. The number of unbranched alkanes of at least 4 members (excludes halogenated alkanes) is 3. The van der Waals surface area contributed by atoms with Crippen molar-refractivity contribution in [3.05, 3.63) is 83.9 Å². The van der Waals surface area contributed by atoms with Crippen LogP contribution in [0.2, 0.25) is 0 Å². The van der Waals surface area contributed by atoms with E-state index in [1.54, 1.807) is 31.4 Å². The number of benzene rings is 3. The van der Waals surface area contributed by atoms with Crippen molar-refractivity contribution in [3.63, 3.8) is 0 Å². The fourth-order valence-corrected chi connectivity index (χ4v) is 4.25. The topological polar surface area (TPSA) is 80.3 Å². The second-order valence-corrected chi connectivity index (χ2v) is 10.0. The molecule has 0 saturated heterocycles. The number of carbonyl (C=O) groups excluding carboxylic acids is 2. The van der Waals surface area contributed by atoms with Crippen LogP contribution in [0.15, 0.2) is 72.8 Å². The standard InChI is InChI=1S/C34H39F3O7/c1-3-41-23-6-4-5-9-31(34(35,36)37)44-33(39)28-16-20-30(21-17-28)43-32(38)27-12-10-25(11-13-27)26-14-18-29(19-15-26)42-24-8-7-22-40-2/h10-21,31H,3-9,22-24H2,1-2H3. The summed E-state index contributed by atoms with van der Waals surface area (Å²) in [6.07, 6.45) is -3.95. The molecule has 1 unspecified atom stereocenters. The molecule has 0 bridgehead atoms. The molecule has 0 aliphatic carbocycles. The van der Waals surface area contributed by atoms with Crippen LogP contribution in [0.25, 0.3) is 11.1 Å². The van der Waals surface area contributed by atoms with Crippen molar-refractivity contribution in [2.75, 3.05) is 33.5 Å². The SMILES string of the molecule is CCOCCCCCC(OC(=O)c1ccc(OC(=O)c2ccc(-c3ccc(OCCCCOC)cc3)cc2)cc1)C(F)(F)F. The van der Waals surface area contributed by atoms with E-state index in [0.29, 0.717) is 44.8 Å². The Balaban J connectivity index is 1.50. The van der Waals surface area contributed by atoms with E-state index < -0.39 is 24.2 Å². The van der Waals surface area contributed by atoms with Crippen molar-refractivity contribution < 1.29 is 46.4 Å². The zero-order valence-electron chi connectivity index (χ0n) is 25.1. The molecule has 0 N–H and O–H groups in total. The monoisotopic (exact) mass is 616 g/mol. The molecule has 0 heterocycles. The molecule has 1 atom stereocenters. The average Bonchev–Trinajstić information content (AvgIpc) is 3.02. The molecule has 3 aromatic rings. The van der Waals surface area contributed by atoms with Gasteiger partial charge < -0.3 is 23.7 Å². The van der Waals surface area contributed by atoms with E-state index in [-0.39, 0.29) is 24.2 Å². The van der Waals surface area contributed by atoms with Gasteiger partial charge in [-0.05, 0) is 98.7 Å². The molecule has 3 aromatic carbocycles. The lowest BCUT2D eigenvalue weighted by molar-refractivity contribution is -0.206. The highest BCUT2D eigenvalue weighted by atomic mass is 19.4. The molecule has 0 amide bonds. The van der Waals surface area contributed by atoms with Gasteiger partial charge in [-0.25, -0.2) is 9.59 Å². The molecule has 7 nitrogen and oxygen atoms in total. The first-order chi connectivity index (χ1) is 21.2. The molecule has 0 spiro atoms. The van der Waals surface area contributed by atoms with Gasteiger partial charge in [-0.2, -0.15) is 13.2 Å². The minimum absolute atomic E-state index is 0.0812. The van der Waals surface area contributed by atoms with Gasteiger partial charge in [0.2, 0.25) is 0 Å². The van der Waals surface area contributed by atoms with Gasteiger partial charge in [0.05, 0.1) is 17.7 Å². The second-order valence-electron chi connectivity index (χ2n) is 10.0. The Hall–Kier alpha value is -3.89. The van der Waals surface area contributed by atoms with Gasteiger partial charge >= 0.3 is 18.1 Å². The molecule has 238 valence electrons. The maximum atomic E-state index is 13.4. The fourth-order valence-electron chi connectivity index (χ4n) is 4.25. The van der Waals surface area contributed by atoms with Crippen molar-refractivity contribution in [3.8, 4) is 22.6 Å². The Morgan fingerprint density at radius 2 is 1.23 bits per heavy atom. The summed E-state index contributed by atoms with van der Waals surface area (Å²) in [4.78, 5) is 25.1. The predicted octanol–water partition coefficient (Wildman–Crippen LogP) is 8.06. The van der Waals surface area contributed by atoms with E-state index in [0.717, 1.165) is 29.7 Å². The molecule has 0 aliphatic heterocycles. The highest BCUT2D eigenvalue weighted by Gasteiger charge is 2.42. The molecule has 44 heavy (non-hydrogen) atoms. The summed E-state index contributed by atoms with van der Waals surface area (Å²) in [5.74, 6) is -0.813. The van der Waals surface area contributed by atoms with Crippen LogP contribution in [-0.2, 0) is 14.2 Å². The normalized spacial score (nSPS) is 12.0. The van der Waals surface area contributed by atoms with Crippen LogP contribution < -0.4 is 9.47 Å². The van der Waals surface area contributed by atoms with E-state index >= 15 is 0 Å². The molecule has 0 aliphatic rings. The van der Waals surface area contributed by atoms with Crippen LogP contribution in [0.1, 0.15) is 66.2 Å². The van der Waals surface area contributed by atoms with Crippen molar-refractivity contribution in [2.24, 2.45) is 0 Å². The zero-order chi connectivity index (χ0) is 31.8. The summed E-state index contributed by atoms with van der Waals surface area (Å²) in [5.41, 5.74) is 2.08. The van der Waals surface area contributed by atoms with Gasteiger partial charge in [-0.15, -0.1) is 0 Å². The lowest BCUT2D eigenvalue weighted by Gasteiger charge is -2.20. The Bertz CT molecular complexity index is 1270. The Labute approximate surface area is 256 Å². The molecular formula is C34H39F3O7. The summed E-state index contributed by atoms with van der Waals surface area (Å²) in [6, 6.07) is 19.7. The lowest BCUT2D eigenvalue weighted by Crippen LogP contribution is -2.33. The van der Waals surface area contributed by atoms with E-state index in [4.69, 9.17) is 23.7 Å². The zero-order valence-corrected chi connectivity index (χ0v) is 25.1. The fraction of sp³-hybridized carbons (Fsp3) is 0.412. The number of carbonyl (C=O) groups is 2. The molecule has 0 radical (unpaired) electrons. The van der Waals surface area contributed by atoms with E-state index in [9.17, 15) is 22.8 Å². The van der Waals surface area contributed by atoms with Crippen molar-refractivity contribution in [1.82, 2.24) is 0 Å². The molecular weight excluding hydrogens is 577 g/mol. The number of halogens is 3. The van der Waals surface area contributed by atoms with Crippen LogP contribution in [0, 0.1) is 0 Å². The predicted molar refractivity (Wildman–Crippen MR) is 160 cm³/mol. The average molecular weight is 617 g/mol. The van der Waals surface area contributed by atoms with Gasteiger partial charge in [-0.1, -0.05) is 30.7 Å². The molecule has 10 heteroatoms. The number of hydrogen-bond acceptors (Lipinski definition) is 7. The maximum absolute atomic E-state index is 13.4. The highest BCUT2D eigenvalue weighted by molar-refractivity contribution is 5.92. The number of hydrogen-bond donors (Lipinski definition) is 0. The van der Waals surface area contributed by atoms with Gasteiger partial charge in [0.1, 0.15) is 11.5 Å². The summed E-state index contributed by atoms with van der Waals surface area (Å²) in [6.45, 7) is 4.20. The van der Waals surface area contributed by atoms with Crippen molar-refractivity contribution >= 4 is 11.9 Å². The first-order valence-electron chi connectivity index (χ1n) is 14.7. The number of esters is 2. The Kier molecular flexibility index (Phi) is 14.2.